The summed E-state index contributed by atoms with van der Waals surface area (Å²) in [5.41, 5.74) is 1.30. The van der Waals surface area contributed by atoms with Crippen LogP contribution in [-0.2, 0) is 0 Å². The summed E-state index contributed by atoms with van der Waals surface area (Å²) in [6.07, 6.45) is 0. The molecule has 1 atom stereocenters. The van der Waals surface area contributed by atoms with Gasteiger partial charge < -0.3 is 10.2 Å². The number of thioether (sulfide) groups is 1. The molecule has 21 heavy (non-hydrogen) atoms. The largest absolute Gasteiger partial charge is 0.323 e. The van der Waals surface area contributed by atoms with E-state index in [0.29, 0.717) is 12.1 Å². The maximum Gasteiger partial charge on any atom is 0.323 e. The standard InChI is InChI=1S/C16H15FN2OS/c17-14-9-5-4-8-13(14)15-19(10-11-21-15)16(20)18-12-6-2-1-3-7-12/h1-9,15H,10-11H2,(H,18,20)/t15-/m0/s1. The number of anilines is 1. The molecule has 0 unspecified atom stereocenters. The van der Waals surface area contributed by atoms with Gasteiger partial charge in [-0.2, -0.15) is 0 Å². The lowest BCUT2D eigenvalue weighted by molar-refractivity contribution is 0.213. The Morgan fingerprint density at radius 3 is 2.62 bits per heavy atom. The molecule has 0 spiro atoms. The van der Waals surface area contributed by atoms with Crippen LogP contribution in [0.3, 0.4) is 0 Å². The van der Waals surface area contributed by atoms with Crippen LogP contribution in [0, 0.1) is 5.82 Å². The fraction of sp³-hybridized carbons (Fsp3) is 0.188. The zero-order valence-corrected chi connectivity index (χ0v) is 12.1. The molecule has 0 bridgehead atoms. The van der Waals surface area contributed by atoms with Crippen LogP contribution in [-0.4, -0.2) is 23.2 Å². The third kappa shape index (κ3) is 3.03. The number of nitrogens with zero attached hydrogens (tertiary/aromatic N) is 1. The number of halogens is 1. The van der Waals surface area contributed by atoms with Crippen molar-refractivity contribution in [3.05, 3.63) is 66.0 Å². The highest BCUT2D eigenvalue weighted by Gasteiger charge is 2.32. The van der Waals surface area contributed by atoms with Crippen molar-refractivity contribution in [3.63, 3.8) is 0 Å². The smallest absolute Gasteiger partial charge is 0.308 e. The zero-order valence-electron chi connectivity index (χ0n) is 11.3. The summed E-state index contributed by atoms with van der Waals surface area (Å²) in [5, 5.41) is 2.59. The van der Waals surface area contributed by atoms with Crippen molar-refractivity contribution in [3.8, 4) is 0 Å². The predicted molar refractivity (Wildman–Crippen MR) is 83.8 cm³/mol. The number of benzene rings is 2. The second-order valence-electron chi connectivity index (χ2n) is 4.73. The summed E-state index contributed by atoms with van der Waals surface area (Å²) >= 11 is 1.58. The van der Waals surface area contributed by atoms with Crippen LogP contribution in [0.25, 0.3) is 0 Å². The highest BCUT2D eigenvalue weighted by Crippen LogP contribution is 2.39. The first-order chi connectivity index (χ1) is 10.3. The Hall–Kier alpha value is -2.01. The lowest BCUT2D eigenvalue weighted by Crippen LogP contribution is -2.34. The average molecular weight is 302 g/mol. The minimum atomic E-state index is -0.269. The van der Waals surface area contributed by atoms with E-state index in [1.807, 2.05) is 30.3 Å². The van der Waals surface area contributed by atoms with Crippen LogP contribution >= 0.6 is 11.8 Å². The highest BCUT2D eigenvalue weighted by molar-refractivity contribution is 7.99. The van der Waals surface area contributed by atoms with Crippen molar-refractivity contribution in [1.29, 1.82) is 0 Å². The number of para-hydroxylation sites is 1. The molecule has 0 aromatic heterocycles. The van der Waals surface area contributed by atoms with E-state index >= 15 is 0 Å². The Balaban J connectivity index is 1.78. The Morgan fingerprint density at radius 2 is 1.86 bits per heavy atom. The molecular formula is C16H15FN2OS. The van der Waals surface area contributed by atoms with Crippen molar-refractivity contribution in [2.24, 2.45) is 0 Å². The number of nitrogens with one attached hydrogen (secondary N) is 1. The molecule has 2 aromatic carbocycles. The SMILES string of the molecule is O=C(Nc1ccccc1)N1CCS[C@H]1c1ccccc1F. The molecule has 0 aliphatic carbocycles. The van der Waals surface area contributed by atoms with Crippen LogP contribution in [0.15, 0.2) is 54.6 Å². The average Bonchev–Trinajstić information content (AvgIpc) is 2.98. The number of urea groups is 1. The summed E-state index contributed by atoms with van der Waals surface area (Å²) in [4.78, 5) is 14.1. The van der Waals surface area contributed by atoms with Gasteiger partial charge in [0.15, 0.2) is 0 Å². The third-order valence-corrected chi connectivity index (χ3v) is 4.59. The summed E-state index contributed by atoms with van der Waals surface area (Å²) < 4.78 is 13.9. The second kappa shape index (κ2) is 6.18. The van der Waals surface area contributed by atoms with Gasteiger partial charge in [0.25, 0.3) is 0 Å². The first-order valence-corrected chi connectivity index (χ1v) is 7.79. The minimum Gasteiger partial charge on any atom is -0.308 e. The van der Waals surface area contributed by atoms with Gasteiger partial charge in [-0.1, -0.05) is 36.4 Å². The van der Waals surface area contributed by atoms with Crippen molar-refractivity contribution in [2.75, 3.05) is 17.6 Å². The molecule has 5 heteroatoms. The fourth-order valence-electron chi connectivity index (χ4n) is 2.33. The summed E-state index contributed by atoms with van der Waals surface area (Å²) in [6, 6.07) is 15.7. The Morgan fingerprint density at radius 1 is 1.14 bits per heavy atom. The van der Waals surface area contributed by atoms with Crippen LogP contribution in [0.1, 0.15) is 10.9 Å². The van der Waals surface area contributed by atoms with E-state index in [0.717, 1.165) is 11.4 Å². The molecule has 1 saturated heterocycles. The van der Waals surface area contributed by atoms with Gasteiger partial charge in [0, 0.05) is 23.5 Å². The van der Waals surface area contributed by atoms with E-state index in [9.17, 15) is 9.18 Å². The highest BCUT2D eigenvalue weighted by atomic mass is 32.2. The number of carbonyl (C=O) groups excluding carboxylic acids is 1. The zero-order chi connectivity index (χ0) is 14.7. The maximum absolute atomic E-state index is 13.9. The van der Waals surface area contributed by atoms with E-state index < -0.39 is 0 Å². The Bertz CT molecular complexity index is 635. The summed E-state index contributed by atoms with van der Waals surface area (Å²) in [7, 11) is 0. The normalized spacial score (nSPS) is 17.8. The van der Waals surface area contributed by atoms with E-state index in [1.165, 1.54) is 6.07 Å². The predicted octanol–water partition coefficient (Wildman–Crippen LogP) is 4.11. The van der Waals surface area contributed by atoms with E-state index in [2.05, 4.69) is 5.32 Å². The van der Waals surface area contributed by atoms with Gasteiger partial charge >= 0.3 is 6.03 Å². The van der Waals surface area contributed by atoms with Gasteiger partial charge in [-0.3, -0.25) is 0 Å². The molecule has 0 radical (unpaired) electrons. The Labute approximate surface area is 127 Å². The van der Waals surface area contributed by atoms with Crippen molar-refractivity contribution in [2.45, 2.75) is 5.37 Å². The van der Waals surface area contributed by atoms with Crippen LogP contribution < -0.4 is 5.32 Å². The van der Waals surface area contributed by atoms with Crippen LogP contribution in [0.4, 0.5) is 14.9 Å². The van der Waals surface area contributed by atoms with E-state index in [4.69, 9.17) is 0 Å². The third-order valence-electron chi connectivity index (χ3n) is 3.35. The first kappa shape index (κ1) is 13.9. The number of hydrogen-bond acceptors (Lipinski definition) is 2. The molecule has 2 aromatic rings. The van der Waals surface area contributed by atoms with Crippen molar-refractivity contribution >= 4 is 23.5 Å². The molecule has 1 heterocycles. The number of amides is 2. The minimum absolute atomic E-state index is 0.195. The summed E-state index contributed by atoms with van der Waals surface area (Å²) in [6.45, 7) is 0.613. The first-order valence-electron chi connectivity index (χ1n) is 6.74. The lowest BCUT2D eigenvalue weighted by atomic mass is 10.2. The number of rotatable bonds is 2. The van der Waals surface area contributed by atoms with Crippen molar-refractivity contribution in [1.82, 2.24) is 4.90 Å². The molecule has 108 valence electrons. The Kier molecular flexibility index (Phi) is 4.10. The summed E-state index contributed by atoms with van der Waals surface area (Å²) in [5.74, 6) is 0.538. The number of carbonyl (C=O) groups is 1. The maximum atomic E-state index is 13.9. The van der Waals surface area contributed by atoms with Crippen molar-refractivity contribution < 1.29 is 9.18 Å². The molecule has 2 amide bonds. The molecule has 1 aliphatic rings. The van der Waals surface area contributed by atoms with Gasteiger partial charge in [-0.05, 0) is 18.2 Å². The van der Waals surface area contributed by atoms with Gasteiger partial charge in [-0.25, -0.2) is 9.18 Å². The van der Waals surface area contributed by atoms with Gasteiger partial charge in [0.1, 0.15) is 11.2 Å². The van der Waals surface area contributed by atoms with Gasteiger partial charge in [0.05, 0.1) is 0 Å². The molecule has 1 N–H and O–H groups in total. The molecule has 3 nitrogen and oxygen atoms in total. The molecular weight excluding hydrogens is 287 g/mol. The molecule has 0 saturated carbocycles. The lowest BCUT2D eigenvalue weighted by Gasteiger charge is -2.24. The monoisotopic (exact) mass is 302 g/mol. The topological polar surface area (TPSA) is 32.3 Å². The number of hydrogen-bond donors (Lipinski definition) is 1. The quantitative estimate of drug-likeness (QED) is 0.905. The molecule has 1 aliphatic heterocycles. The fourth-order valence-corrected chi connectivity index (χ4v) is 3.60. The molecule has 3 rings (SSSR count). The van der Waals surface area contributed by atoms with Crippen LogP contribution in [0.5, 0.6) is 0 Å². The van der Waals surface area contributed by atoms with E-state index in [-0.39, 0.29) is 17.2 Å². The van der Waals surface area contributed by atoms with E-state index in [1.54, 1.807) is 34.9 Å². The molecule has 1 fully saturated rings. The van der Waals surface area contributed by atoms with Gasteiger partial charge in [0.2, 0.25) is 0 Å². The van der Waals surface area contributed by atoms with Gasteiger partial charge in [-0.15, -0.1) is 11.8 Å². The van der Waals surface area contributed by atoms with Crippen LogP contribution in [0.2, 0.25) is 0 Å². The second-order valence-corrected chi connectivity index (χ2v) is 5.92.